The third kappa shape index (κ3) is 10.9. The fraction of sp³-hybridized carbons (Fsp3) is 0.545. The Morgan fingerprint density at radius 1 is 1.07 bits per heavy atom. The highest BCUT2D eigenvalue weighted by molar-refractivity contribution is 6.02. The molecule has 0 radical (unpaired) electrons. The number of nitrogens with zero attached hydrogens (tertiary/aromatic N) is 2. The topological polar surface area (TPSA) is 132 Å². The van der Waals surface area contributed by atoms with Gasteiger partial charge in [0, 0.05) is 50.1 Å². The van der Waals surface area contributed by atoms with Gasteiger partial charge >= 0.3 is 12.1 Å². The highest BCUT2D eigenvalue weighted by Gasteiger charge is 2.31. The first kappa shape index (κ1) is 35.6. The summed E-state index contributed by atoms with van der Waals surface area (Å²) in [7, 11) is 1.72. The summed E-state index contributed by atoms with van der Waals surface area (Å²) < 4.78 is 25.8. The molecule has 12 heteroatoms. The lowest BCUT2D eigenvalue weighted by Gasteiger charge is -2.36. The van der Waals surface area contributed by atoms with Crippen molar-refractivity contribution in [3.8, 4) is 5.75 Å². The molecule has 0 bridgehead atoms. The predicted octanol–water partition coefficient (Wildman–Crippen LogP) is 5.32. The zero-order valence-electron chi connectivity index (χ0n) is 27.1. The molecule has 1 heterocycles. The standard InChI is InChI=1S/C33H48FN5O6/c1-21(2)35-33(43)38(6)19-30-22(3)18-39(23(4)20-40)31(41)28-17-27(37-32(42)36-26-12-10-25(34)11-13-26)14-15-29(28)45-24(5)9-7-8-16-44-30/h10-15,17,21-24,30,40H,7-9,16,18-20H2,1-6H3,(H,35,43)(H2,36,37,42)/t22-,23-,24-,30-/m0/s1. The number of ether oxygens (including phenoxy) is 2. The molecule has 1 aliphatic heterocycles. The quantitative estimate of drug-likeness (QED) is 0.328. The molecule has 0 spiro atoms. The van der Waals surface area contributed by atoms with Crippen molar-refractivity contribution >= 4 is 29.3 Å². The van der Waals surface area contributed by atoms with Gasteiger partial charge in [-0.15, -0.1) is 0 Å². The molecule has 0 unspecified atom stereocenters. The van der Waals surface area contributed by atoms with Crippen molar-refractivity contribution in [2.75, 3.05) is 44.0 Å². The summed E-state index contributed by atoms with van der Waals surface area (Å²) in [5.74, 6) is -0.631. The summed E-state index contributed by atoms with van der Waals surface area (Å²) in [4.78, 5) is 42.8. The Labute approximate surface area is 265 Å². The Morgan fingerprint density at radius 2 is 1.73 bits per heavy atom. The van der Waals surface area contributed by atoms with Crippen molar-refractivity contribution < 1.29 is 33.4 Å². The Morgan fingerprint density at radius 3 is 2.40 bits per heavy atom. The lowest BCUT2D eigenvalue weighted by molar-refractivity contribution is -0.0122. The second-order valence-corrected chi connectivity index (χ2v) is 12.1. The van der Waals surface area contributed by atoms with E-state index in [0.29, 0.717) is 30.3 Å². The van der Waals surface area contributed by atoms with Crippen LogP contribution in [0.25, 0.3) is 0 Å². The maximum absolute atomic E-state index is 14.2. The molecule has 4 N–H and O–H groups in total. The lowest BCUT2D eigenvalue weighted by Crippen LogP contribution is -2.49. The van der Waals surface area contributed by atoms with E-state index in [0.717, 1.165) is 19.3 Å². The van der Waals surface area contributed by atoms with E-state index in [1.54, 1.807) is 42.0 Å². The smallest absolute Gasteiger partial charge is 0.323 e. The van der Waals surface area contributed by atoms with Crippen LogP contribution < -0.4 is 20.7 Å². The monoisotopic (exact) mass is 629 g/mol. The number of aliphatic hydroxyl groups is 1. The summed E-state index contributed by atoms with van der Waals surface area (Å²) in [5.41, 5.74) is 0.987. The predicted molar refractivity (Wildman–Crippen MR) is 172 cm³/mol. The number of urea groups is 2. The van der Waals surface area contributed by atoms with Crippen molar-refractivity contribution in [1.82, 2.24) is 15.1 Å². The maximum Gasteiger partial charge on any atom is 0.323 e. The minimum Gasteiger partial charge on any atom is -0.490 e. The number of amides is 5. The van der Waals surface area contributed by atoms with Gasteiger partial charge in [0.1, 0.15) is 11.6 Å². The molecule has 0 fully saturated rings. The van der Waals surface area contributed by atoms with E-state index >= 15 is 0 Å². The molecule has 4 atom stereocenters. The number of anilines is 2. The SMILES string of the molecule is CC(C)NC(=O)N(C)C[C@@H]1OCCCC[C@H](C)Oc2ccc(NC(=O)Nc3ccc(F)cc3)cc2C(=O)N([C@@H](C)CO)C[C@@H]1C. The Balaban J connectivity index is 1.91. The maximum atomic E-state index is 14.2. The average Bonchev–Trinajstić information content (AvgIpc) is 2.99. The van der Waals surface area contributed by atoms with Crippen molar-refractivity contribution in [1.29, 1.82) is 0 Å². The summed E-state index contributed by atoms with van der Waals surface area (Å²) in [6.07, 6.45) is 1.79. The molecular weight excluding hydrogens is 581 g/mol. The van der Waals surface area contributed by atoms with Gasteiger partial charge in [0.25, 0.3) is 5.91 Å². The molecule has 5 amide bonds. The molecule has 11 nitrogen and oxygen atoms in total. The summed E-state index contributed by atoms with van der Waals surface area (Å²) in [5, 5.41) is 18.4. The number of hydrogen-bond acceptors (Lipinski definition) is 6. The van der Waals surface area contributed by atoms with Crippen molar-refractivity contribution in [3.63, 3.8) is 0 Å². The number of halogens is 1. The molecule has 2 aromatic carbocycles. The van der Waals surface area contributed by atoms with Crippen molar-refractivity contribution in [2.24, 2.45) is 5.92 Å². The van der Waals surface area contributed by atoms with Crippen LogP contribution in [0.4, 0.5) is 25.4 Å². The zero-order valence-corrected chi connectivity index (χ0v) is 27.1. The largest absolute Gasteiger partial charge is 0.490 e. The number of benzene rings is 2. The van der Waals surface area contributed by atoms with E-state index in [2.05, 4.69) is 16.0 Å². The number of carbonyl (C=O) groups is 3. The van der Waals surface area contributed by atoms with Crippen LogP contribution in [0, 0.1) is 11.7 Å². The number of likely N-dealkylation sites (N-methyl/N-ethyl adjacent to an activating group) is 1. The molecular formula is C33H48FN5O6. The van der Waals surface area contributed by atoms with E-state index < -0.39 is 17.9 Å². The lowest BCUT2D eigenvalue weighted by atomic mass is 10.0. The van der Waals surface area contributed by atoms with Crippen LogP contribution in [-0.2, 0) is 4.74 Å². The molecule has 0 saturated carbocycles. The number of fused-ring (bicyclic) bond motifs is 1. The van der Waals surface area contributed by atoms with Gasteiger partial charge in [-0.3, -0.25) is 4.79 Å². The van der Waals surface area contributed by atoms with E-state index in [9.17, 15) is 23.9 Å². The van der Waals surface area contributed by atoms with Gasteiger partial charge < -0.3 is 40.3 Å². The highest BCUT2D eigenvalue weighted by atomic mass is 19.1. The van der Waals surface area contributed by atoms with Crippen LogP contribution in [0.1, 0.15) is 64.2 Å². The first-order valence-corrected chi connectivity index (χ1v) is 15.6. The van der Waals surface area contributed by atoms with Crippen molar-refractivity contribution in [2.45, 2.75) is 78.2 Å². The molecule has 0 saturated heterocycles. The van der Waals surface area contributed by atoms with Gasteiger partial charge in [0.05, 0.1) is 30.4 Å². The third-order valence-electron chi connectivity index (χ3n) is 7.62. The first-order valence-electron chi connectivity index (χ1n) is 15.6. The highest BCUT2D eigenvalue weighted by Crippen LogP contribution is 2.28. The number of nitrogens with one attached hydrogen (secondary N) is 3. The number of hydrogen-bond donors (Lipinski definition) is 4. The molecule has 0 aliphatic carbocycles. The second-order valence-electron chi connectivity index (χ2n) is 12.1. The molecule has 0 aromatic heterocycles. The molecule has 1 aliphatic rings. The van der Waals surface area contributed by atoms with Crippen LogP contribution in [0.2, 0.25) is 0 Å². The Hall–Kier alpha value is -3.90. The van der Waals surface area contributed by atoms with Crippen LogP contribution >= 0.6 is 0 Å². The fourth-order valence-electron chi connectivity index (χ4n) is 5.00. The van der Waals surface area contributed by atoms with Gasteiger partial charge in [0.2, 0.25) is 0 Å². The van der Waals surface area contributed by atoms with E-state index in [1.165, 1.54) is 24.3 Å². The van der Waals surface area contributed by atoms with E-state index in [4.69, 9.17) is 9.47 Å². The molecule has 2 aromatic rings. The summed E-state index contributed by atoms with van der Waals surface area (Å²) in [6.45, 7) is 10.2. The summed E-state index contributed by atoms with van der Waals surface area (Å²) in [6, 6.07) is 8.89. The van der Waals surface area contributed by atoms with Crippen LogP contribution in [-0.4, -0.2) is 90.5 Å². The Bertz CT molecular complexity index is 1280. The third-order valence-corrected chi connectivity index (χ3v) is 7.62. The van der Waals surface area contributed by atoms with Gasteiger partial charge in [-0.05, 0) is 89.4 Å². The van der Waals surface area contributed by atoms with Crippen LogP contribution in [0.3, 0.4) is 0 Å². The van der Waals surface area contributed by atoms with Gasteiger partial charge in [-0.2, -0.15) is 0 Å². The zero-order chi connectivity index (χ0) is 33.1. The number of aliphatic hydroxyl groups excluding tert-OH is 1. The number of rotatable bonds is 7. The average molecular weight is 630 g/mol. The normalized spacial score (nSPS) is 20.3. The van der Waals surface area contributed by atoms with E-state index in [1.807, 2.05) is 27.7 Å². The number of carbonyl (C=O) groups excluding carboxylic acids is 3. The van der Waals surface area contributed by atoms with Crippen molar-refractivity contribution in [3.05, 3.63) is 53.8 Å². The molecule has 248 valence electrons. The minimum atomic E-state index is -0.566. The van der Waals surface area contributed by atoms with Gasteiger partial charge in [0.15, 0.2) is 0 Å². The van der Waals surface area contributed by atoms with E-state index in [-0.39, 0.29) is 54.8 Å². The van der Waals surface area contributed by atoms with Gasteiger partial charge in [-0.1, -0.05) is 6.92 Å². The molecule has 3 rings (SSSR count). The fourth-order valence-corrected chi connectivity index (χ4v) is 5.00. The van der Waals surface area contributed by atoms with Crippen LogP contribution in [0.5, 0.6) is 5.75 Å². The second kappa shape index (κ2) is 17.0. The van der Waals surface area contributed by atoms with Gasteiger partial charge in [-0.25, -0.2) is 14.0 Å². The summed E-state index contributed by atoms with van der Waals surface area (Å²) >= 11 is 0. The first-order chi connectivity index (χ1) is 21.4. The Kier molecular flexibility index (Phi) is 13.4. The minimum absolute atomic E-state index is 0.0153. The molecule has 45 heavy (non-hydrogen) atoms. The van der Waals surface area contributed by atoms with Crippen LogP contribution in [0.15, 0.2) is 42.5 Å².